The molecule has 0 fully saturated rings. The van der Waals surface area contributed by atoms with Gasteiger partial charge in [-0.25, -0.2) is 0 Å². The van der Waals surface area contributed by atoms with E-state index in [-0.39, 0.29) is 18.9 Å². The molecule has 0 spiro atoms. The Kier molecular flexibility index (Phi) is 4.44. The lowest BCUT2D eigenvalue weighted by Crippen LogP contribution is -2.29. The Morgan fingerprint density at radius 3 is 2.95 bits per heavy atom. The number of pyridine rings is 1. The van der Waals surface area contributed by atoms with Crippen molar-refractivity contribution in [2.24, 2.45) is 0 Å². The molecule has 1 unspecified atom stereocenters. The maximum Gasteiger partial charge on any atom is 0.301 e. The van der Waals surface area contributed by atoms with Crippen LogP contribution in [0.2, 0.25) is 0 Å². The van der Waals surface area contributed by atoms with Crippen molar-refractivity contribution >= 4 is 22.3 Å². The van der Waals surface area contributed by atoms with Gasteiger partial charge in [0.05, 0.1) is 35.1 Å². The van der Waals surface area contributed by atoms with Gasteiger partial charge in [0.15, 0.2) is 0 Å². The topological polar surface area (TPSA) is 97.5 Å². The largest absolute Gasteiger partial charge is 0.394 e. The van der Waals surface area contributed by atoms with E-state index in [0.717, 1.165) is 0 Å². The molecule has 2 aromatic rings. The van der Waals surface area contributed by atoms with Gasteiger partial charge in [-0.15, -0.1) is 0 Å². The van der Waals surface area contributed by atoms with Gasteiger partial charge in [0.2, 0.25) is 0 Å². The summed E-state index contributed by atoms with van der Waals surface area (Å²) >= 11 is 0. The van der Waals surface area contributed by atoms with E-state index in [1.54, 1.807) is 30.5 Å². The maximum absolute atomic E-state index is 11.3. The number of rotatable bonds is 6. The van der Waals surface area contributed by atoms with Crippen molar-refractivity contribution in [3.8, 4) is 0 Å². The number of aromatic nitrogens is 1. The molecule has 106 valence electrons. The highest BCUT2D eigenvalue weighted by molar-refractivity contribution is 5.94. The van der Waals surface area contributed by atoms with Crippen molar-refractivity contribution in [2.75, 3.05) is 25.6 Å². The van der Waals surface area contributed by atoms with E-state index >= 15 is 0 Å². The van der Waals surface area contributed by atoms with Gasteiger partial charge < -0.3 is 15.2 Å². The van der Waals surface area contributed by atoms with Crippen LogP contribution in [0.1, 0.15) is 0 Å². The van der Waals surface area contributed by atoms with Crippen LogP contribution in [0, 0.1) is 10.1 Å². The minimum absolute atomic E-state index is 0.0508. The molecule has 0 saturated heterocycles. The summed E-state index contributed by atoms with van der Waals surface area (Å²) in [6, 6.07) is 6.18. The fourth-order valence-corrected chi connectivity index (χ4v) is 2.01. The molecule has 0 aliphatic heterocycles. The molecular formula is C13H15N3O4. The Morgan fingerprint density at radius 1 is 1.50 bits per heavy atom. The average Bonchev–Trinajstić information content (AvgIpc) is 2.46. The minimum atomic E-state index is -0.451. The number of ether oxygens (including phenoxy) is 1. The zero-order chi connectivity index (χ0) is 14.5. The second-order valence-electron chi connectivity index (χ2n) is 4.27. The summed E-state index contributed by atoms with van der Waals surface area (Å²) in [6.45, 7) is 0.0643. The van der Waals surface area contributed by atoms with Crippen molar-refractivity contribution in [3.05, 3.63) is 40.6 Å². The Labute approximate surface area is 115 Å². The van der Waals surface area contributed by atoms with Crippen molar-refractivity contribution in [1.29, 1.82) is 0 Å². The number of nitrogens with one attached hydrogen (secondary N) is 1. The van der Waals surface area contributed by atoms with Crippen LogP contribution >= 0.6 is 0 Å². The third kappa shape index (κ3) is 2.84. The van der Waals surface area contributed by atoms with Crippen LogP contribution in [-0.2, 0) is 4.74 Å². The average molecular weight is 277 g/mol. The van der Waals surface area contributed by atoms with Crippen molar-refractivity contribution in [1.82, 2.24) is 4.98 Å². The highest BCUT2D eigenvalue weighted by Gasteiger charge is 2.20. The highest BCUT2D eigenvalue weighted by atomic mass is 16.6. The molecule has 0 aliphatic rings. The van der Waals surface area contributed by atoms with E-state index in [9.17, 15) is 15.2 Å². The molecule has 1 heterocycles. The number of methoxy groups -OCH3 is 1. The number of benzene rings is 1. The van der Waals surface area contributed by atoms with Gasteiger partial charge in [-0.05, 0) is 24.3 Å². The predicted molar refractivity (Wildman–Crippen MR) is 74.8 cm³/mol. The number of hydrogen-bond acceptors (Lipinski definition) is 6. The van der Waals surface area contributed by atoms with Crippen LogP contribution in [0.25, 0.3) is 10.9 Å². The normalized spacial score (nSPS) is 12.3. The minimum Gasteiger partial charge on any atom is -0.394 e. The summed E-state index contributed by atoms with van der Waals surface area (Å²) in [4.78, 5) is 15.0. The smallest absolute Gasteiger partial charge is 0.301 e. The van der Waals surface area contributed by atoms with Crippen LogP contribution in [0.4, 0.5) is 11.4 Å². The first kappa shape index (κ1) is 14.2. The first-order valence-corrected chi connectivity index (χ1v) is 6.05. The molecule has 1 aromatic carbocycles. The second-order valence-corrected chi connectivity index (χ2v) is 4.27. The van der Waals surface area contributed by atoms with Gasteiger partial charge in [-0.1, -0.05) is 0 Å². The van der Waals surface area contributed by atoms with E-state index in [4.69, 9.17) is 4.74 Å². The maximum atomic E-state index is 11.3. The van der Waals surface area contributed by atoms with Crippen LogP contribution in [0.15, 0.2) is 30.5 Å². The lowest BCUT2D eigenvalue weighted by molar-refractivity contribution is -0.382. The zero-order valence-corrected chi connectivity index (χ0v) is 10.9. The molecule has 20 heavy (non-hydrogen) atoms. The molecule has 0 aliphatic carbocycles. The molecule has 7 heteroatoms. The van der Waals surface area contributed by atoms with Crippen LogP contribution in [0.5, 0.6) is 0 Å². The molecule has 0 radical (unpaired) electrons. The summed E-state index contributed by atoms with van der Waals surface area (Å²) in [7, 11) is 1.50. The summed E-state index contributed by atoms with van der Waals surface area (Å²) in [5.41, 5.74) is 0.841. The molecular weight excluding hydrogens is 262 g/mol. The second kappa shape index (κ2) is 6.27. The number of aliphatic hydroxyl groups excluding tert-OH is 1. The van der Waals surface area contributed by atoms with Crippen LogP contribution in [0.3, 0.4) is 0 Å². The molecule has 2 rings (SSSR count). The molecule has 2 N–H and O–H groups in total. The molecule has 1 atom stereocenters. The number of aliphatic hydroxyl groups is 1. The Hall–Kier alpha value is -2.25. The van der Waals surface area contributed by atoms with E-state index in [0.29, 0.717) is 16.6 Å². The third-order valence-electron chi connectivity index (χ3n) is 2.89. The Bertz CT molecular complexity index is 618. The number of nitrogens with zero attached hydrogens (tertiary/aromatic N) is 2. The van der Waals surface area contributed by atoms with Gasteiger partial charge in [0, 0.05) is 13.3 Å². The Morgan fingerprint density at radius 2 is 2.30 bits per heavy atom. The third-order valence-corrected chi connectivity index (χ3v) is 2.89. The zero-order valence-electron chi connectivity index (χ0n) is 10.9. The van der Waals surface area contributed by atoms with Crippen molar-refractivity contribution < 1.29 is 14.8 Å². The first-order valence-electron chi connectivity index (χ1n) is 6.05. The van der Waals surface area contributed by atoms with E-state index in [1.807, 2.05) is 0 Å². The van der Waals surface area contributed by atoms with E-state index < -0.39 is 11.0 Å². The van der Waals surface area contributed by atoms with E-state index in [1.165, 1.54) is 7.11 Å². The molecule has 1 aromatic heterocycles. The summed E-state index contributed by atoms with van der Waals surface area (Å²) in [5, 5.41) is 23.9. The van der Waals surface area contributed by atoms with E-state index in [2.05, 4.69) is 10.3 Å². The Balaban J connectivity index is 2.47. The van der Waals surface area contributed by atoms with Crippen LogP contribution in [-0.4, -0.2) is 41.4 Å². The summed E-state index contributed by atoms with van der Waals surface area (Å²) in [6.07, 6.45) is 1.58. The lowest BCUT2D eigenvalue weighted by atomic mass is 10.1. The van der Waals surface area contributed by atoms with Gasteiger partial charge in [0.25, 0.3) is 0 Å². The summed E-state index contributed by atoms with van der Waals surface area (Å²) in [5.74, 6) is 0. The van der Waals surface area contributed by atoms with Gasteiger partial charge >= 0.3 is 5.69 Å². The first-order chi connectivity index (χ1) is 9.67. The van der Waals surface area contributed by atoms with Gasteiger partial charge in [-0.3, -0.25) is 15.1 Å². The monoisotopic (exact) mass is 277 g/mol. The molecule has 0 saturated carbocycles. The van der Waals surface area contributed by atoms with Crippen molar-refractivity contribution in [3.63, 3.8) is 0 Å². The van der Waals surface area contributed by atoms with Gasteiger partial charge in [-0.2, -0.15) is 0 Å². The highest BCUT2D eigenvalue weighted by Crippen LogP contribution is 2.32. The van der Waals surface area contributed by atoms with Gasteiger partial charge in [0.1, 0.15) is 5.69 Å². The fraction of sp³-hybridized carbons (Fsp3) is 0.308. The number of hydrogen-bond donors (Lipinski definition) is 2. The molecule has 0 amide bonds. The standard InChI is InChI=1S/C13H15N3O4/c1-20-8-9(7-17)15-12-5-4-11-10(3-2-6-14-11)13(12)16(18)19/h2-6,9,15,17H,7-8H2,1H3. The van der Waals surface area contributed by atoms with Crippen molar-refractivity contribution in [2.45, 2.75) is 6.04 Å². The van der Waals surface area contributed by atoms with Crippen LogP contribution < -0.4 is 5.32 Å². The number of fused-ring (bicyclic) bond motifs is 1. The summed E-state index contributed by atoms with van der Waals surface area (Å²) < 4.78 is 4.95. The predicted octanol–water partition coefficient (Wildman–Crippen LogP) is 1.56. The number of nitro benzene ring substituents is 1. The SMILES string of the molecule is COCC(CO)Nc1ccc2ncccc2c1[N+](=O)[O-]. The lowest BCUT2D eigenvalue weighted by Gasteiger charge is -2.17. The fourth-order valence-electron chi connectivity index (χ4n) is 2.01. The quantitative estimate of drug-likeness (QED) is 0.614. The molecule has 0 bridgehead atoms. The number of nitro groups is 1. The molecule has 7 nitrogen and oxygen atoms in total. The number of anilines is 1.